The number of carbonyl (C=O) groups excluding carboxylic acids is 1. The zero-order chi connectivity index (χ0) is 10.8. The summed E-state index contributed by atoms with van der Waals surface area (Å²) in [4.78, 5) is 11.9. The van der Waals surface area contributed by atoms with Crippen molar-refractivity contribution in [1.82, 2.24) is 0 Å². The lowest BCUT2D eigenvalue weighted by atomic mass is 9.86. The molecule has 1 heteroatoms. The van der Waals surface area contributed by atoms with Gasteiger partial charge in [0.15, 0.2) is 0 Å². The highest BCUT2D eigenvalue weighted by Crippen LogP contribution is 2.26. The van der Waals surface area contributed by atoms with E-state index in [1.54, 1.807) is 0 Å². The number of Topliss-reactive ketones (excluding diaryl/α,β-unsaturated/α-hetero) is 1. The van der Waals surface area contributed by atoms with Crippen molar-refractivity contribution in [3.63, 3.8) is 0 Å². The zero-order valence-corrected chi connectivity index (χ0v) is 9.49. The van der Waals surface area contributed by atoms with Gasteiger partial charge in [0.1, 0.15) is 5.78 Å². The largest absolute Gasteiger partial charge is 0.299 e. The number of ketones is 1. The molecule has 0 spiro atoms. The molecule has 1 atom stereocenters. The number of aryl methyl sites for hydroxylation is 1. The summed E-state index contributed by atoms with van der Waals surface area (Å²) in [5.41, 5.74) is 2.75. The van der Waals surface area contributed by atoms with Gasteiger partial charge in [-0.25, -0.2) is 0 Å². The van der Waals surface area contributed by atoms with Crippen LogP contribution in [0.3, 0.4) is 0 Å². The Labute approximate surface area is 91.5 Å². The quantitative estimate of drug-likeness (QED) is 0.640. The topological polar surface area (TPSA) is 17.1 Å². The minimum atomic E-state index is 0.230. The molecule has 0 aromatic heterocycles. The molecule has 2 rings (SSSR count). The molecule has 1 aliphatic rings. The summed E-state index contributed by atoms with van der Waals surface area (Å²) in [7, 11) is 0. The minimum absolute atomic E-state index is 0.230. The molecule has 1 nitrogen and oxygen atoms in total. The van der Waals surface area contributed by atoms with Crippen LogP contribution in [0, 0.1) is 11.8 Å². The predicted molar refractivity (Wildman–Crippen MR) is 61.8 cm³/mol. The molecular formula is C14H18O. The summed E-state index contributed by atoms with van der Waals surface area (Å²) in [5, 5.41) is 0. The number of rotatable bonds is 1. The predicted octanol–water partition coefficient (Wildman–Crippen LogP) is 3.02. The fraction of sp³-hybridized carbons (Fsp3) is 0.500. The second-order valence-electron chi connectivity index (χ2n) is 4.79. The first-order chi connectivity index (χ1) is 7.18. The van der Waals surface area contributed by atoms with Gasteiger partial charge in [0.2, 0.25) is 0 Å². The summed E-state index contributed by atoms with van der Waals surface area (Å²) >= 11 is 0. The van der Waals surface area contributed by atoms with Crippen molar-refractivity contribution >= 4 is 5.78 Å². The Morgan fingerprint density at radius 2 is 1.80 bits per heavy atom. The van der Waals surface area contributed by atoms with Crippen LogP contribution in [0.4, 0.5) is 0 Å². The summed E-state index contributed by atoms with van der Waals surface area (Å²) in [6, 6.07) is 8.47. The molecule has 80 valence electrons. The van der Waals surface area contributed by atoms with Crippen LogP contribution in [-0.2, 0) is 17.6 Å². The highest BCUT2D eigenvalue weighted by atomic mass is 16.1. The lowest BCUT2D eigenvalue weighted by Gasteiger charge is -2.17. The maximum Gasteiger partial charge on any atom is 0.136 e. The third-order valence-corrected chi connectivity index (χ3v) is 3.42. The van der Waals surface area contributed by atoms with Crippen LogP contribution >= 0.6 is 0 Å². The number of hydrogen-bond acceptors (Lipinski definition) is 1. The fourth-order valence-electron chi connectivity index (χ4n) is 2.40. The molecule has 0 saturated carbocycles. The molecule has 0 bridgehead atoms. The Morgan fingerprint density at radius 3 is 2.47 bits per heavy atom. The molecule has 0 aliphatic heterocycles. The smallest absolute Gasteiger partial charge is 0.136 e. The van der Waals surface area contributed by atoms with Crippen molar-refractivity contribution in [3.05, 3.63) is 35.4 Å². The zero-order valence-electron chi connectivity index (χ0n) is 9.49. The first-order valence-electron chi connectivity index (χ1n) is 5.78. The van der Waals surface area contributed by atoms with E-state index in [1.165, 1.54) is 11.1 Å². The van der Waals surface area contributed by atoms with Crippen LogP contribution < -0.4 is 0 Å². The lowest BCUT2D eigenvalue weighted by molar-refractivity contribution is -0.123. The maximum absolute atomic E-state index is 11.9. The van der Waals surface area contributed by atoms with Crippen molar-refractivity contribution in [1.29, 1.82) is 0 Å². The number of fused-ring (bicyclic) bond motifs is 1. The Bertz CT molecular complexity index is 365. The van der Waals surface area contributed by atoms with Gasteiger partial charge < -0.3 is 0 Å². The van der Waals surface area contributed by atoms with Gasteiger partial charge in [-0.2, -0.15) is 0 Å². The van der Waals surface area contributed by atoms with Crippen molar-refractivity contribution in [2.45, 2.75) is 33.1 Å². The summed E-state index contributed by atoms with van der Waals surface area (Å²) < 4.78 is 0. The van der Waals surface area contributed by atoms with Gasteiger partial charge in [-0.05, 0) is 29.9 Å². The molecule has 0 saturated heterocycles. The standard InChI is InChI=1S/C14H18O/c1-10(2)13-9-12-6-4-3-5-11(12)7-8-14(13)15/h3-6,10,13H,7-9H2,1-2H3. The second kappa shape index (κ2) is 4.18. The molecule has 0 heterocycles. The van der Waals surface area contributed by atoms with E-state index in [1.807, 2.05) is 0 Å². The van der Waals surface area contributed by atoms with Crippen LogP contribution in [0.2, 0.25) is 0 Å². The fourth-order valence-corrected chi connectivity index (χ4v) is 2.40. The van der Waals surface area contributed by atoms with Gasteiger partial charge in [0.05, 0.1) is 0 Å². The van der Waals surface area contributed by atoms with E-state index in [2.05, 4.69) is 38.1 Å². The molecule has 1 unspecified atom stereocenters. The average Bonchev–Trinajstić information content (AvgIpc) is 2.39. The van der Waals surface area contributed by atoms with Crippen LogP contribution in [0.1, 0.15) is 31.4 Å². The van der Waals surface area contributed by atoms with Gasteiger partial charge in [-0.3, -0.25) is 4.79 Å². The lowest BCUT2D eigenvalue weighted by Crippen LogP contribution is -2.21. The van der Waals surface area contributed by atoms with Gasteiger partial charge in [0, 0.05) is 12.3 Å². The molecule has 0 N–H and O–H groups in total. The Balaban J connectivity index is 2.31. The van der Waals surface area contributed by atoms with E-state index < -0.39 is 0 Å². The first-order valence-corrected chi connectivity index (χ1v) is 5.78. The SMILES string of the molecule is CC(C)C1Cc2ccccc2CCC1=O. The van der Waals surface area contributed by atoms with E-state index in [4.69, 9.17) is 0 Å². The average molecular weight is 202 g/mol. The Kier molecular flexibility index (Phi) is 2.90. The number of hydrogen-bond donors (Lipinski definition) is 0. The van der Waals surface area contributed by atoms with Gasteiger partial charge in [0.25, 0.3) is 0 Å². The van der Waals surface area contributed by atoms with Gasteiger partial charge >= 0.3 is 0 Å². The summed E-state index contributed by atoms with van der Waals surface area (Å²) in [5.74, 6) is 1.14. The molecule has 1 aromatic rings. The molecule has 0 amide bonds. The van der Waals surface area contributed by atoms with Crippen LogP contribution in [-0.4, -0.2) is 5.78 Å². The van der Waals surface area contributed by atoms with Crippen LogP contribution in [0.5, 0.6) is 0 Å². The molecular weight excluding hydrogens is 184 g/mol. The summed E-state index contributed by atoms with van der Waals surface area (Å²) in [6.07, 6.45) is 2.59. The van der Waals surface area contributed by atoms with Crippen molar-refractivity contribution in [2.24, 2.45) is 11.8 Å². The van der Waals surface area contributed by atoms with E-state index in [9.17, 15) is 4.79 Å². The van der Waals surface area contributed by atoms with E-state index in [-0.39, 0.29) is 5.92 Å². The van der Waals surface area contributed by atoms with E-state index in [0.29, 0.717) is 11.7 Å². The van der Waals surface area contributed by atoms with Gasteiger partial charge in [-0.1, -0.05) is 38.1 Å². The number of carbonyl (C=O) groups is 1. The highest BCUT2D eigenvalue weighted by Gasteiger charge is 2.25. The van der Waals surface area contributed by atoms with E-state index in [0.717, 1.165) is 19.3 Å². The van der Waals surface area contributed by atoms with Crippen LogP contribution in [0.15, 0.2) is 24.3 Å². The summed E-state index contributed by atoms with van der Waals surface area (Å²) in [6.45, 7) is 4.30. The van der Waals surface area contributed by atoms with Crippen molar-refractivity contribution in [3.8, 4) is 0 Å². The molecule has 0 fully saturated rings. The second-order valence-corrected chi connectivity index (χ2v) is 4.79. The third kappa shape index (κ3) is 2.11. The molecule has 1 aliphatic carbocycles. The molecule has 15 heavy (non-hydrogen) atoms. The Hall–Kier alpha value is -1.11. The van der Waals surface area contributed by atoms with Crippen LogP contribution in [0.25, 0.3) is 0 Å². The highest BCUT2D eigenvalue weighted by molar-refractivity contribution is 5.82. The third-order valence-electron chi connectivity index (χ3n) is 3.42. The maximum atomic E-state index is 11.9. The molecule has 1 aromatic carbocycles. The number of benzene rings is 1. The minimum Gasteiger partial charge on any atom is -0.299 e. The monoisotopic (exact) mass is 202 g/mol. The molecule has 0 radical (unpaired) electrons. The first kappa shape index (κ1) is 10.4. The van der Waals surface area contributed by atoms with Crippen molar-refractivity contribution in [2.75, 3.05) is 0 Å². The normalized spacial score (nSPS) is 21.3. The van der Waals surface area contributed by atoms with Gasteiger partial charge in [-0.15, -0.1) is 0 Å². The Morgan fingerprint density at radius 1 is 1.13 bits per heavy atom. The van der Waals surface area contributed by atoms with Crippen molar-refractivity contribution < 1.29 is 4.79 Å². The van der Waals surface area contributed by atoms with E-state index >= 15 is 0 Å².